The minimum atomic E-state index is -0.0965. The molecule has 0 bridgehead atoms. The Labute approximate surface area is 204 Å². The molecule has 0 spiro atoms. The van der Waals surface area contributed by atoms with E-state index in [4.69, 9.17) is 11.6 Å². The molecule has 1 saturated carbocycles. The Balaban J connectivity index is 1.47. The Morgan fingerprint density at radius 1 is 0.818 bits per heavy atom. The van der Waals surface area contributed by atoms with E-state index in [1.54, 1.807) is 0 Å². The molecule has 33 heavy (non-hydrogen) atoms. The molecule has 0 heterocycles. The summed E-state index contributed by atoms with van der Waals surface area (Å²) < 4.78 is 0. The van der Waals surface area contributed by atoms with E-state index in [9.17, 15) is 5.11 Å². The molecule has 1 atom stereocenters. The van der Waals surface area contributed by atoms with Crippen molar-refractivity contribution in [1.29, 1.82) is 0 Å². The monoisotopic (exact) mass is 460 g/mol. The average molecular weight is 461 g/mol. The Hall–Kier alpha value is -2.09. The Morgan fingerprint density at radius 3 is 2.30 bits per heavy atom. The zero-order chi connectivity index (χ0) is 23.0. The summed E-state index contributed by atoms with van der Waals surface area (Å²) in [4.78, 5) is 0. The van der Waals surface area contributed by atoms with Crippen LogP contribution in [0.3, 0.4) is 0 Å². The highest BCUT2D eigenvalue weighted by Crippen LogP contribution is 2.41. The van der Waals surface area contributed by atoms with E-state index in [-0.39, 0.29) is 6.10 Å². The lowest BCUT2D eigenvalue weighted by molar-refractivity contribution is 0.146. The third kappa shape index (κ3) is 6.49. The Bertz CT molecular complexity index is 1000. The number of halogens is 1. The van der Waals surface area contributed by atoms with Crippen LogP contribution >= 0.6 is 11.6 Å². The molecular weight excluding hydrogens is 424 g/mol. The summed E-state index contributed by atoms with van der Waals surface area (Å²) in [5.74, 6) is 1.47. The first-order valence-electron chi connectivity index (χ1n) is 12.8. The van der Waals surface area contributed by atoms with Crippen molar-refractivity contribution in [2.24, 2.45) is 5.92 Å². The predicted molar refractivity (Wildman–Crippen MR) is 142 cm³/mol. The molecule has 0 amide bonds. The molecule has 1 unspecified atom stereocenters. The maximum Gasteiger partial charge on any atom is 0.0540 e. The van der Waals surface area contributed by atoms with Crippen LogP contribution in [0.25, 0.3) is 22.3 Å². The molecule has 4 rings (SSSR count). The van der Waals surface area contributed by atoms with Gasteiger partial charge < -0.3 is 5.11 Å². The Kier molecular flexibility index (Phi) is 8.64. The fourth-order valence-electron chi connectivity index (χ4n) is 5.48. The SMILES string of the molecule is CCCC(O)CCC[C@H]1CC[C@H](c2ccc(-c3cccc(Cl)c3)c(-c3ccccc3)c2)CC1. The molecule has 3 aromatic rings. The quantitative estimate of drug-likeness (QED) is 0.337. The molecule has 0 saturated heterocycles. The summed E-state index contributed by atoms with van der Waals surface area (Å²) in [7, 11) is 0. The summed E-state index contributed by atoms with van der Waals surface area (Å²) >= 11 is 6.31. The van der Waals surface area contributed by atoms with Crippen LogP contribution in [0.4, 0.5) is 0 Å². The van der Waals surface area contributed by atoms with Crippen molar-refractivity contribution in [3.63, 3.8) is 0 Å². The van der Waals surface area contributed by atoms with E-state index in [0.29, 0.717) is 5.92 Å². The standard InChI is InChI=1S/C31H37ClO/c1-2-8-29(33)14-6-9-23-15-17-24(18-16-23)26-19-20-30(27-12-7-13-28(32)21-27)31(22-26)25-10-4-3-5-11-25/h3-5,7,10-13,19-24,29,33H,2,6,8-9,14-18H2,1H3/t23-,24-,29?. The molecule has 1 aliphatic rings. The van der Waals surface area contributed by atoms with Crippen LogP contribution < -0.4 is 0 Å². The van der Waals surface area contributed by atoms with E-state index in [0.717, 1.165) is 30.2 Å². The number of aliphatic hydroxyl groups excluding tert-OH is 1. The normalized spacial score (nSPS) is 19.4. The minimum absolute atomic E-state index is 0.0965. The molecular formula is C31H37ClO. The van der Waals surface area contributed by atoms with Crippen molar-refractivity contribution in [1.82, 2.24) is 0 Å². The highest BCUT2D eigenvalue weighted by Gasteiger charge is 2.23. The van der Waals surface area contributed by atoms with Gasteiger partial charge in [0.25, 0.3) is 0 Å². The first kappa shape index (κ1) is 24.0. The molecule has 1 nitrogen and oxygen atoms in total. The lowest BCUT2D eigenvalue weighted by Crippen LogP contribution is -2.14. The summed E-state index contributed by atoms with van der Waals surface area (Å²) in [5.41, 5.74) is 6.43. The molecule has 1 fully saturated rings. The van der Waals surface area contributed by atoms with Crippen LogP contribution in [-0.4, -0.2) is 11.2 Å². The molecule has 174 valence electrons. The van der Waals surface area contributed by atoms with Crippen molar-refractivity contribution in [3.05, 3.63) is 83.4 Å². The number of benzene rings is 3. The molecule has 0 aliphatic heterocycles. The van der Waals surface area contributed by atoms with Gasteiger partial charge in [0.2, 0.25) is 0 Å². The molecule has 3 aromatic carbocycles. The van der Waals surface area contributed by atoms with Crippen molar-refractivity contribution in [3.8, 4) is 22.3 Å². The molecule has 1 aliphatic carbocycles. The van der Waals surface area contributed by atoms with Gasteiger partial charge in [0.15, 0.2) is 0 Å². The van der Waals surface area contributed by atoms with Gasteiger partial charge in [-0.15, -0.1) is 0 Å². The summed E-state index contributed by atoms with van der Waals surface area (Å²) in [6, 6.07) is 26.0. The minimum Gasteiger partial charge on any atom is -0.393 e. The number of hydrogen-bond donors (Lipinski definition) is 1. The van der Waals surface area contributed by atoms with Crippen LogP contribution in [0.5, 0.6) is 0 Å². The highest BCUT2D eigenvalue weighted by molar-refractivity contribution is 6.30. The van der Waals surface area contributed by atoms with Gasteiger partial charge in [-0.3, -0.25) is 0 Å². The van der Waals surface area contributed by atoms with Crippen molar-refractivity contribution < 1.29 is 5.11 Å². The molecule has 0 radical (unpaired) electrons. The van der Waals surface area contributed by atoms with Gasteiger partial charge in [0.1, 0.15) is 0 Å². The van der Waals surface area contributed by atoms with Gasteiger partial charge in [-0.2, -0.15) is 0 Å². The van der Waals surface area contributed by atoms with Gasteiger partial charge in [-0.1, -0.05) is 98.5 Å². The summed E-state index contributed by atoms with van der Waals surface area (Å²) in [6.45, 7) is 2.15. The first-order chi connectivity index (χ1) is 16.1. The van der Waals surface area contributed by atoms with Crippen LogP contribution in [0.2, 0.25) is 5.02 Å². The second-order valence-electron chi connectivity index (χ2n) is 9.77. The van der Waals surface area contributed by atoms with Gasteiger partial charge >= 0.3 is 0 Å². The van der Waals surface area contributed by atoms with Crippen molar-refractivity contribution in [2.45, 2.75) is 76.7 Å². The smallest absolute Gasteiger partial charge is 0.0540 e. The second-order valence-corrected chi connectivity index (χ2v) is 10.2. The largest absolute Gasteiger partial charge is 0.393 e. The van der Waals surface area contributed by atoms with Gasteiger partial charge in [-0.25, -0.2) is 0 Å². The zero-order valence-corrected chi connectivity index (χ0v) is 20.6. The van der Waals surface area contributed by atoms with Gasteiger partial charge in [0, 0.05) is 5.02 Å². The van der Waals surface area contributed by atoms with E-state index in [2.05, 4.69) is 67.6 Å². The predicted octanol–water partition coefficient (Wildman–Crippen LogP) is 9.28. The van der Waals surface area contributed by atoms with Crippen LogP contribution in [0.1, 0.15) is 76.2 Å². The Morgan fingerprint density at radius 2 is 1.58 bits per heavy atom. The first-order valence-corrected chi connectivity index (χ1v) is 13.1. The average Bonchev–Trinajstić information content (AvgIpc) is 2.85. The number of aliphatic hydroxyl groups is 1. The molecule has 2 heteroatoms. The zero-order valence-electron chi connectivity index (χ0n) is 19.8. The maximum absolute atomic E-state index is 10.0. The molecule has 1 N–H and O–H groups in total. The molecule has 0 aromatic heterocycles. The van der Waals surface area contributed by atoms with Crippen molar-refractivity contribution in [2.75, 3.05) is 0 Å². The van der Waals surface area contributed by atoms with Gasteiger partial charge in [-0.05, 0) is 90.3 Å². The van der Waals surface area contributed by atoms with Crippen LogP contribution in [-0.2, 0) is 0 Å². The van der Waals surface area contributed by atoms with Crippen LogP contribution in [0.15, 0.2) is 72.8 Å². The fraction of sp³-hybridized carbons (Fsp3) is 0.419. The third-order valence-electron chi connectivity index (χ3n) is 7.35. The fourth-order valence-corrected chi connectivity index (χ4v) is 5.67. The van der Waals surface area contributed by atoms with E-state index < -0.39 is 0 Å². The van der Waals surface area contributed by atoms with E-state index >= 15 is 0 Å². The van der Waals surface area contributed by atoms with Gasteiger partial charge in [0.05, 0.1) is 6.10 Å². The topological polar surface area (TPSA) is 20.2 Å². The van der Waals surface area contributed by atoms with E-state index in [1.165, 1.54) is 66.3 Å². The lowest BCUT2D eigenvalue weighted by Gasteiger charge is -2.29. The third-order valence-corrected chi connectivity index (χ3v) is 7.59. The number of rotatable bonds is 9. The highest BCUT2D eigenvalue weighted by atomic mass is 35.5. The van der Waals surface area contributed by atoms with E-state index in [1.807, 2.05) is 12.1 Å². The summed E-state index contributed by atoms with van der Waals surface area (Å²) in [5, 5.41) is 10.8. The van der Waals surface area contributed by atoms with Crippen LogP contribution in [0, 0.1) is 5.92 Å². The second kappa shape index (κ2) is 11.9. The lowest BCUT2D eigenvalue weighted by atomic mass is 9.76. The summed E-state index contributed by atoms with van der Waals surface area (Å²) in [6.07, 6.45) is 10.5. The maximum atomic E-state index is 10.0. The van der Waals surface area contributed by atoms with Crippen molar-refractivity contribution >= 4 is 11.6 Å². The number of hydrogen-bond acceptors (Lipinski definition) is 1.